The van der Waals surface area contributed by atoms with E-state index in [1.54, 1.807) is 6.92 Å². The highest BCUT2D eigenvalue weighted by molar-refractivity contribution is 5.30. The molecule has 1 aliphatic carbocycles. The van der Waals surface area contributed by atoms with Crippen LogP contribution in [0.3, 0.4) is 0 Å². The normalized spacial score (nSPS) is 17.1. The van der Waals surface area contributed by atoms with E-state index in [4.69, 9.17) is 4.52 Å². The van der Waals surface area contributed by atoms with Gasteiger partial charge in [0.1, 0.15) is 5.60 Å². The fourth-order valence-electron chi connectivity index (χ4n) is 2.69. The van der Waals surface area contributed by atoms with Crippen LogP contribution in [0.2, 0.25) is 0 Å². The maximum absolute atomic E-state index is 10.4. The van der Waals surface area contributed by atoms with Crippen LogP contribution in [0.4, 0.5) is 0 Å². The van der Waals surface area contributed by atoms with Crippen molar-refractivity contribution in [3.8, 4) is 5.69 Å². The maximum atomic E-state index is 10.4. The molecule has 1 N–H and O–H groups in total. The molecular weight excluding hydrogens is 292 g/mol. The third-order valence-corrected chi connectivity index (χ3v) is 4.28. The van der Waals surface area contributed by atoms with E-state index in [1.807, 2.05) is 47.3 Å². The molecule has 0 aliphatic heterocycles. The first-order chi connectivity index (χ1) is 11.1. The molecule has 1 aliphatic rings. The highest BCUT2D eigenvalue weighted by atomic mass is 16.5. The van der Waals surface area contributed by atoms with Crippen molar-refractivity contribution in [1.82, 2.24) is 19.9 Å². The SMILES string of the molecule is CC(O)(c1nc(Cc2ccn(-c3ccccc3)n2)no1)C1CC1. The first kappa shape index (κ1) is 14.1. The molecule has 0 bridgehead atoms. The fourth-order valence-corrected chi connectivity index (χ4v) is 2.69. The van der Waals surface area contributed by atoms with Gasteiger partial charge in [-0.1, -0.05) is 23.4 Å². The molecule has 1 fully saturated rings. The Bertz CT molecular complexity index is 803. The van der Waals surface area contributed by atoms with Crippen LogP contribution in [0.25, 0.3) is 5.69 Å². The average molecular weight is 310 g/mol. The largest absolute Gasteiger partial charge is 0.380 e. The van der Waals surface area contributed by atoms with Gasteiger partial charge in [-0.3, -0.25) is 0 Å². The molecule has 118 valence electrons. The number of nitrogens with zero attached hydrogens (tertiary/aromatic N) is 4. The summed E-state index contributed by atoms with van der Waals surface area (Å²) in [6.45, 7) is 1.74. The molecule has 2 aromatic heterocycles. The van der Waals surface area contributed by atoms with Gasteiger partial charge in [-0.25, -0.2) is 4.68 Å². The third kappa shape index (κ3) is 2.77. The van der Waals surface area contributed by atoms with Crippen LogP contribution in [0.1, 0.15) is 37.2 Å². The van der Waals surface area contributed by atoms with Crippen LogP contribution >= 0.6 is 0 Å². The molecule has 0 spiro atoms. The minimum absolute atomic E-state index is 0.230. The Labute approximate surface area is 133 Å². The summed E-state index contributed by atoms with van der Waals surface area (Å²) in [5.41, 5.74) is 0.839. The summed E-state index contributed by atoms with van der Waals surface area (Å²) in [5, 5.41) is 18.9. The molecule has 2 heterocycles. The highest BCUT2D eigenvalue weighted by Gasteiger charge is 2.45. The van der Waals surface area contributed by atoms with Gasteiger partial charge in [0.05, 0.1) is 17.8 Å². The van der Waals surface area contributed by atoms with Crippen molar-refractivity contribution in [2.45, 2.75) is 31.8 Å². The van der Waals surface area contributed by atoms with Crippen molar-refractivity contribution >= 4 is 0 Å². The quantitative estimate of drug-likeness (QED) is 0.783. The van der Waals surface area contributed by atoms with Gasteiger partial charge in [0, 0.05) is 6.20 Å². The summed E-state index contributed by atoms with van der Waals surface area (Å²) in [4.78, 5) is 4.34. The summed E-state index contributed by atoms with van der Waals surface area (Å²) in [6, 6.07) is 11.8. The van der Waals surface area contributed by atoms with E-state index in [0.29, 0.717) is 18.1 Å². The first-order valence-corrected chi connectivity index (χ1v) is 7.78. The van der Waals surface area contributed by atoms with Gasteiger partial charge in [-0.15, -0.1) is 0 Å². The van der Waals surface area contributed by atoms with Gasteiger partial charge in [-0.2, -0.15) is 10.1 Å². The molecule has 1 unspecified atom stereocenters. The zero-order valence-electron chi connectivity index (χ0n) is 12.9. The van der Waals surface area contributed by atoms with E-state index < -0.39 is 5.60 Å². The van der Waals surface area contributed by atoms with Gasteiger partial charge >= 0.3 is 0 Å². The summed E-state index contributed by atoms with van der Waals surface area (Å²) in [5.74, 6) is 1.07. The van der Waals surface area contributed by atoms with E-state index in [9.17, 15) is 5.11 Å². The lowest BCUT2D eigenvalue weighted by molar-refractivity contribution is 0.000915. The van der Waals surface area contributed by atoms with Crippen molar-refractivity contribution in [3.63, 3.8) is 0 Å². The summed E-state index contributed by atoms with van der Waals surface area (Å²) < 4.78 is 7.06. The van der Waals surface area contributed by atoms with Gasteiger partial charge in [0.25, 0.3) is 5.89 Å². The fraction of sp³-hybridized carbons (Fsp3) is 0.353. The lowest BCUT2D eigenvalue weighted by Crippen LogP contribution is -2.24. The molecule has 0 saturated heterocycles. The van der Waals surface area contributed by atoms with Crippen LogP contribution in [-0.2, 0) is 12.0 Å². The van der Waals surface area contributed by atoms with Crippen molar-refractivity contribution in [3.05, 3.63) is 60.0 Å². The van der Waals surface area contributed by atoms with Gasteiger partial charge < -0.3 is 9.63 Å². The van der Waals surface area contributed by atoms with E-state index in [2.05, 4.69) is 15.2 Å². The lowest BCUT2D eigenvalue weighted by Gasteiger charge is -2.16. The van der Waals surface area contributed by atoms with Crippen LogP contribution in [0.5, 0.6) is 0 Å². The van der Waals surface area contributed by atoms with Crippen LogP contribution in [0.15, 0.2) is 47.1 Å². The number of aliphatic hydroxyl groups is 1. The van der Waals surface area contributed by atoms with Crippen LogP contribution < -0.4 is 0 Å². The van der Waals surface area contributed by atoms with Gasteiger partial charge in [0.15, 0.2) is 5.82 Å². The molecule has 1 atom stereocenters. The van der Waals surface area contributed by atoms with E-state index in [0.717, 1.165) is 24.2 Å². The van der Waals surface area contributed by atoms with E-state index in [1.165, 1.54) is 0 Å². The number of benzene rings is 1. The highest BCUT2D eigenvalue weighted by Crippen LogP contribution is 2.44. The second kappa shape index (κ2) is 5.31. The Hall–Kier alpha value is -2.47. The molecular formula is C17H18N4O2. The molecule has 3 aromatic rings. The predicted molar refractivity (Wildman–Crippen MR) is 83.0 cm³/mol. The Kier molecular flexibility index (Phi) is 3.27. The predicted octanol–water partition coefficient (Wildman–Crippen LogP) is 2.46. The van der Waals surface area contributed by atoms with Gasteiger partial charge in [-0.05, 0) is 43.9 Å². The van der Waals surface area contributed by atoms with Crippen LogP contribution in [0, 0.1) is 5.92 Å². The number of hydrogen-bond donors (Lipinski definition) is 1. The second-order valence-electron chi connectivity index (χ2n) is 6.20. The number of rotatable bonds is 5. The first-order valence-electron chi connectivity index (χ1n) is 7.78. The van der Waals surface area contributed by atoms with Crippen molar-refractivity contribution < 1.29 is 9.63 Å². The maximum Gasteiger partial charge on any atom is 0.258 e. The molecule has 0 amide bonds. The molecule has 1 aromatic carbocycles. The second-order valence-corrected chi connectivity index (χ2v) is 6.20. The Morgan fingerprint density at radius 3 is 2.78 bits per heavy atom. The zero-order valence-corrected chi connectivity index (χ0v) is 12.9. The number of para-hydroxylation sites is 1. The Morgan fingerprint density at radius 1 is 1.26 bits per heavy atom. The third-order valence-electron chi connectivity index (χ3n) is 4.28. The molecule has 23 heavy (non-hydrogen) atoms. The van der Waals surface area contributed by atoms with Crippen molar-refractivity contribution in [1.29, 1.82) is 0 Å². The van der Waals surface area contributed by atoms with Crippen molar-refractivity contribution in [2.75, 3.05) is 0 Å². The smallest absolute Gasteiger partial charge is 0.258 e. The molecule has 6 heteroatoms. The summed E-state index contributed by atoms with van der Waals surface area (Å²) in [6.07, 6.45) is 4.40. The van der Waals surface area contributed by atoms with E-state index >= 15 is 0 Å². The minimum Gasteiger partial charge on any atom is -0.380 e. The molecule has 6 nitrogen and oxygen atoms in total. The number of aromatic nitrogens is 4. The van der Waals surface area contributed by atoms with E-state index in [-0.39, 0.29) is 5.92 Å². The Balaban J connectivity index is 1.51. The van der Waals surface area contributed by atoms with Crippen molar-refractivity contribution in [2.24, 2.45) is 5.92 Å². The zero-order chi connectivity index (χ0) is 15.9. The average Bonchev–Trinajstić information content (AvgIpc) is 3.15. The molecule has 0 radical (unpaired) electrons. The molecule has 1 saturated carbocycles. The Morgan fingerprint density at radius 2 is 2.04 bits per heavy atom. The summed E-state index contributed by atoms with van der Waals surface area (Å²) in [7, 11) is 0. The number of hydrogen-bond acceptors (Lipinski definition) is 5. The topological polar surface area (TPSA) is 77.0 Å². The standard InChI is InChI=1S/C17H18N4O2/c1-17(22,12-7-8-12)16-18-15(20-23-16)11-13-9-10-21(19-13)14-5-3-2-4-6-14/h2-6,9-10,12,22H,7-8,11H2,1H3. The minimum atomic E-state index is -1.02. The monoisotopic (exact) mass is 310 g/mol. The molecule has 4 rings (SSSR count). The van der Waals surface area contributed by atoms with Gasteiger partial charge in [0.2, 0.25) is 0 Å². The lowest BCUT2D eigenvalue weighted by atomic mass is 10.0. The summed E-state index contributed by atoms with van der Waals surface area (Å²) >= 11 is 0. The van der Waals surface area contributed by atoms with Crippen LogP contribution in [-0.4, -0.2) is 25.0 Å².